The fourth-order valence-corrected chi connectivity index (χ4v) is 1.93. The number of hydrogen-bond donors (Lipinski definition) is 1. The molecule has 0 aromatic heterocycles. The van der Waals surface area contributed by atoms with Gasteiger partial charge in [-0.1, -0.05) is 71.6 Å². The van der Waals surface area contributed by atoms with Crippen molar-refractivity contribution in [2.45, 2.75) is 90.6 Å². The Morgan fingerprint density at radius 3 is 1.53 bits per heavy atom. The lowest BCUT2D eigenvalue weighted by atomic mass is 10.0. The van der Waals surface area contributed by atoms with Crippen molar-refractivity contribution in [3.8, 4) is 0 Å². The predicted molar refractivity (Wildman–Crippen MR) is 68.1 cm³/mol. The first-order valence-corrected chi connectivity index (χ1v) is 6.99. The summed E-state index contributed by atoms with van der Waals surface area (Å²) in [6.07, 6.45) is 13.7. The van der Waals surface area contributed by atoms with E-state index in [0.717, 1.165) is 12.8 Å². The van der Waals surface area contributed by atoms with Gasteiger partial charge in [-0.3, -0.25) is 0 Å². The Hall–Kier alpha value is -0.0400. The van der Waals surface area contributed by atoms with Gasteiger partial charge < -0.3 is 5.11 Å². The van der Waals surface area contributed by atoms with Crippen molar-refractivity contribution in [2.75, 3.05) is 0 Å². The van der Waals surface area contributed by atoms with Crippen molar-refractivity contribution in [3.05, 3.63) is 0 Å². The van der Waals surface area contributed by atoms with Gasteiger partial charge in [0.25, 0.3) is 0 Å². The normalized spacial score (nSPS) is 13.0. The number of hydrogen-bond acceptors (Lipinski definition) is 1. The third kappa shape index (κ3) is 11.9. The molecule has 0 bridgehead atoms. The summed E-state index contributed by atoms with van der Waals surface area (Å²) in [5.74, 6) is 0. The first-order chi connectivity index (χ1) is 7.31. The molecule has 0 aliphatic heterocycles. The second-order valence-electron chi connectivity index (χ2n) is 4.71. The molecule has 0 rings (SSSR count). The molecule has 0 unspecified atom stereocenters. The average Bonchev–Trinajstić information content (AvgIpc) is 2.24. The fourth-order valence-electron chi connectivity index (χ4n) is 1.93. The van der Waals surface area contributed by atoms with Gasteiger partial charge in [0.15, 0.2) is 0 Å². The lowest BCUT2D eigenvalue weighted by Crippen LogP contribution is -2.05. The van der Waals surface area contributed by atoms with Crippen LogP contribution in [0.5, 0.6) is 0 Å². The van der Waals surface area contributed by atoms with Crippen molar-refractivity contribution < 1.29 is 5.11 Å². The summed E-state index contributed by atoms with van der Waals surface area (Å²) in [6, 6.07) is 0. The van der Waals surface area contributed by atoms with Gasteiger partial charge in [-0.05, 0) is 12.8 Å². The van der Waals surface area contributed by atoms with E-state index in [9.17, 15) is 5.11 Å². The highest BCUT2D eigenvalue weighted by Crippen LogP contribution is 2.12. The lowest BCUT2D eigenvalue weighted by Gasteiger charge is -2.09. The lowest BCUT2D eigenvalue weighted by molar-refractivity contribution is 0.147. The van der Waals surface area contributed by atoms with Crippen LogP contribution in [-0.4, -0.2) is 11.2 Å². The standard InChI is InChI=1S/C14H30O/c1-3-5-7-9-11-13-14(15)12-10-8-6-4-2/h14-15H,3-13H2,1-2H3/t14-/m1/s1. The molecule has 0 heterocycles. The molecule has 0 aliphatic carbocycles. The Kier molecular flexibility index (Phi) is 12.0. The van der Waals surface area contributed by atoms with Crippen LogP contribution >= 0.6 is 0 Å². The zero-order valence-corrected chi connectivity index (χ0v) is 10.8. The van der Waals surface area contributed by atoms with E-state index in [2.05, 4.69) is 13.8 Å². The Balaban J connectivity index is 3.08. The third-order valence-corrected chi connectivity index (χ3v) is 3.03. The van der Waals surface area contributed by atoms with Crippen LogP contribution in [0.3, 0.4) is 0 Å². The van der Waals surface area contributed by atoms with Gasteiger partial charge >= 0.3 is 0 Å². The van der Waals surface area contributed by atoms with Crippen molar-refractivity contribution in [1.29, 1.82) is 0 Å². The Labute approximate surface area is 96.3 Å². The highest BCUT2D eigenvalue weighted by atomic mass is 16.3. The molecule has 0 aromatic carbocycles. The largest absolute Gasteiger partial charge is 0.393 e. The topological polar surface area (TPSA) is 20.2 Å². The van der Waals surface area contributed by atoms with E-state index in [1.165, 1.54) is 57.8 Å². The Morgan fingerprint density at radius 1 is 0.667 bits per heavy atom. The molecule has 0 spiro atoms. The van der Waals surface area contributed by atoms with Crippen molar-refractivity contribution in [3.63, 3.8) is 0 Å². The zero-order valence-electron chi connectivity index (χ0n) is 10.8. The van der Waals surface area contributed by atoms with E-state index in [1.807, 2.05) is 0 Å². The van der Waals surface area contributed by atoms with Crippen LogP contribution in [0.2, 0.25) is 0 Å². The number of aliphatic hydroxyl groups is 1. The predicted octanol–water partition coefficient (Wildman–Crippen LogP) is 4.68. The number of rotatable bonds is 11. The van der Waals surface area contributed by atoms with Gasteiger partial charge in [-0.15, -0.1) is 0 Å². The summed E-state index contributed by atoms with van der Waals surface area (Å²) in [7, 11) is 0. The minimum atomic E-state index is -0.0246. The quantitative estimate of drug-likeness (QED) is 0.495. The van der Waals surface area contributed by atoms with Crippen LogP contribution in [0, 0.1) is 0 Å². The van der Waals surface area contributed by atoms with Gasteiger partial charge in [0.2, 0.25) is 0 Å². The van der Waals surface area contributed by atoms with Crippen LogP contribution in [0.15, 0.2) is 0 Å². The van der Waals surface area contributed by atoms with Gasteiger partial charge in [-0.2, -0.15) is 0 Å². The summed E-state index contributed by atoms with van der Waals surface area (Å²) >= 11 is 0. The SMILES string of the molecule is CCCCCCC[C@H](O)CCCCCC. The molecule has 1 nitrogen and oxygen atoms in total. The molecule has 0 saturated heterocycles. The Morgan fingerprint density at radius 2 is 1.07 bits per heavy atom. The molecule has 0 saturated carbocycles. The van der Waals surface area contributed by atoms with Crippen LogP contribution in [0.1, 0.15) is 84.5 Å². The molecule has 0 amide bonds. The van der Waals surface area contributed by atoms with E-state index in [1.54, 1.807) is 0 Å². The minimum Gasteiger partial charge on any atom is -0.393 e. The van der Waals surface area contributed by atoms with Crippen molar-refractivity contribution in [2.24, 2.45) is 0 Å². The van der Waals surface area contributed by atoms with E-state index < -0.39 is 0 Å². The highest BCUT2D eigenvalue weighted by molar-refractivity contribution is 4.56. The summed E-state index contributed by atoms with van der Waals surface area (Å²) in [5.41, 5.74) is 0. The molecule has 0 fully saturated rings. The monoisotopic (exact) mass is 214 g/mol. The minimum absolute atomic E-state index is 0.0246. The summed E-state index contributed by atoms with van der Waals surface area (Å²) in [5, 5.41) is 9.71. The molecular weight excluding hydrogens is 184 g/mol. The smallest absolute Gasteiger partial charge is 0.0540 e. The molecular formula is C14H30O. The molecule has 15 heavy (non-hydrogen) atoms. The van der Waals surface area contributed by atoms with Crippen molar-refractivity contribution in [1.82, 2.24) is 0 Å². The van der Waals surface area contributed by atoms with Gasteiger partial charge in [0.1, 0.15) is 0 Å². The molecule has 0 radical (unpaired) electrons. The van der Waals surface area contributed by atoms with Gasteiger partial charge in [0, 0.05) is 0 Å². The van der Waals surface area contributed by atoms with Crippen LogP contribution in [-0.2, 0) is 0 Å². The molecule has 92 valence electrons. The second-order valence-corrected chi connectivity index (χ2v) is 4.71. The van der Waals surface area contributed by atoms with E-state index in [4.69, 9.17) is 0 Å². The van der Waals surface area contributed by atoms with Crippen LogP contribution < -0.4 is 0 Å². The molecule has 0 aliphatic rings. The van der Waals surface area contributed by atoms with E-state index in [-0.39, 0.29) is 6.10 Å². The molecule has 1 heteroatoms. The van der Waals surface area contributed by atoms with Crippen LogP contribution in [0.25, 0.3) is 0 Å². The van der Waals surface area contributed by atoms with Crippen molar-refractivity contribution >= 4 is 0 Å². The maximum absolute atomic E-state index is 9.71. The van der Waals surface area contributed by atoms with Gasteiger partial charge in [0.05, 0.1) is 6.10 Å². The van der Waals surface area contributed by atoms with Gasteiger partial charge in [-0.25, -0.2) is 0 Å². The summed E-state index contributed by atoms with van der Waals surface area (Å²) in [6.45, 7) is 4.47. The first-order valence-electron chi connectivity index (χ1n) is 6.99. The van der Waals surface area contributed by atoms with E-state index >= 15 is 0 Å². The maximum Gasteiger partial charge on any atom is 0.0540 e. The first kappa shape index (κ1) is 15.0. The Bertz CT molecular complexity index is 112. The van der Waals surface area contributed by atoms with Crippen LogP contribution in [0.4, 0.5) is 0 Å². The highest BCUT2D eigenvalue weighted by Gasteiger charge is 2.02. The molecule has 1 N–H and O–H groups in total. The average molecular weight is 214 g/mol. The second kappa shape index (κ2) is 12.0. The summed E-state index contributed by atoms with van der Waals surface area (Å²) in [4.78, 5) is 0. The van der Waals surface area contributed by atoms with E-state index in [0.29, 0.717) is 0 Å². The zero-order chi connectivity index (χ0) is 11.4. The molecule has 0 aromatic rings. The maximum atomic E-state index is 9.71. The molecule has 1 atom stereocenters. The number of aliphatic hydroxyl groups excluding tert-OH is 1. The fraction of sp³-hybridized carbons (Fsp3) is 1.00. The number of unbranched alkanes of at least 4 members (excludes halogenated alkanes) is 7. The third-order valence-electron chi connectivity index (χ3n) is 3.03. The summed E-state index contributed by atoms with van der Waals surface area (Å²) < 4.78 is 0.